The number of alkyl carbamates (subject to hydrolysis) is 1. The van der Waals surface area contributed by atoms with Crippen molar-refractivity contribution in [2.24, 2.45) is 5.92 Å². The molecule has 3 aliphatic heterocycles. The van der Waals surface area contributed by atoms with E-state index < -0.39 is 106 Å². The monoisotopic (exact) mass is 763 g/mol. The average Bonchev–Trinajstić information content (AvgIpc) is 4.00. The minimum atomic E-state index is -4.01. The van der Waals surface area contributed by atoms with Crippen LogP contribution in [0.5, 0.6) is 0 Å². The second kappa shape index (κ2) is 14.5. The third-order valence-electron chi connectivity index (χ3n) is 10.3. The van der Waals surface area contributed by atoms with Gasteiger partial charge < -0.3 is 29.9 Å². The highest BCUT2D eigenvalue weighted by molar-refractivity contribution is 7.91. The van der Waals surface area contributed by atoms with Crippen molar-refractivity contribution < 1.29 is 50.6 Å². The van der Waals surface area contributed by atoms with Crippen molar-refractivity contribution in [3.05, 3.63) is 47.5 Å². The van der Waals surface area contributed by atoms with Gasteiger partial charge in [-0.25, -0.2) is 26.8 Å². The maximum Gasteiger partial charge on any atom is 0.410 e. The van der Waals surface area contributed by atoms with Crippen molar-refractivity contribution in [1.82, 2.24) is 25.2 Å². The number of amides is 5. The minimum absolute atomic E-state index is 0.00398. The minimum Gasteiger partial charge on any atom is -0.444 e. The number of hydrogen-bond acceptors (Lipinski definition) is 9. The predicted octanol–water partition coefficient (Wildman–Crippen LogP) is 3.29. The number of carbonyl (C=O) groups excluding carboxylic acids is 5. The molecule has 0 spiro atoms. The molecule has 0 unspecified atom stereocenters. The Hall–Kier alpha value is -4.28. The van der Waals surface area contributed by atoms with E-state index in [-0.39, 0.29) is 25.8 Å². The Balaban J connectivity index is 1.28. The van der Waals surface area contributed by atoms with Gasteiger partial charge in [0.25, 0.3) is 5.91 Å². The van der Waals surface area contributed by atoms with Crippen molar-refractivity contribution in [3.63, 3.8) is 0 Å². The molecule has 5 amide bonds. The molecule has 17 heteroatoms. The van der Waals surface area contributed by atoms with Crippen LogP contribution in [-0.4, -0.2) is 102 Å². The highest BCUT2D eigenvalue weighted by atomic mass is 32.2. The summed E-state index contributed by atoms with van der Waals surface area (Å²) in [6, 6.07) is 4.76. The Morgan fingerprint density at radius 2 is 1.75 bits per heavy atom. The molecule has 1 aromatic rings. The van der Waals surface area contributed by atoms with Crippen LogP contribution in [0.15, 0.2) is 36.4 Å². The standard InChI is InChI=1S/C36H47F2N5O9S/c1-34(2,3)52-32(47)39-27-13-16-35(37,38)15-7-6-10-24-19-36(24,31(46)41-53(49,50)26-11-12-26)40-29(44)28-18-25(21-43(28)30(27)45)51-33(48)42-17-14-22-8-4-5-9-23(22)20-42/h4-6,8-10,24-28H,7,11-21H2,1-3H3,(H,39,47)(H,40,44)(H,41,46)/b10-6-/t24-,25-,27+,28+,36-/m1/s1. The van der Waals surface area contributed by atoms with Crippen LogP contribution in [0.3, 0.4) is 0 Å². The van der Waals surface area contributed by atoms with E-state index in [9.17, 15) is 32.4 Å². The summed E-state index contributed by atoms with van der Waals surface area (Å²) in [4.78, 5) is 70.9. The highest BCUT2D eigenvalue weighted by Crippen LogP contribution is 2.46. The number of ether oxygens (including phenoxy) is 2. The lowest BCUT2D eigenvalue weighted by atomic mass is 10.0. The number of halogens is 2. The molecule has 3 N–H and O–H groups in total. The van der Waals surface area contributed by atoms with Gasteiger partial charge in [0.2, 0.25) is 27.8 Å². The molecule has 290 valence electrons. The Kier molecular flexibility index (Phi) is 10.5. The van der Waals surface area contributed by atoms with E-state index in [0.717, 1.165) is 16.0 Å². The Morgan fingerprint density at radius 1 is 1.04 bits per heavy atom. The lowest BCUT2D eigenvalue weighted by molar-refractivity contribution is -0.141. The number of nitrogens with one attached hydrogen (secondary N) is 3. The van der Waals surface area contributed by atoms with Crippen LogP contribution < -0.4 is 15.4 Å². The van der Waals surface area contributed by atoms with Gasteiger partial charge >= 0.3 is 12.2 Å². The number of nitrogens with zero attached hydrogens (tertiary/aromatic N) is 2. The van der Waals surface area contributed by atoms with Crippen molar-refractivity contribution >= 4 is 39.9 Å². The molecule has 2 saturated carbocycles. The van der Waals surface area contributed by atoms with Gasteiger partial charge in [-0.2, -0.15) is 0 Å². The number of fused-ring (bicyclic) bond motifs is 3. The summed E-state index contributed by atoms with van der Waals surface area (Å²) >= 11 is 0. The average molecular weight is 764 g/mol. The SMILES string of the molecule is CC(C)(C)OC(=O)N[C@H]1CCC(F)(F)CC/C=C\[C@@H]2C[C@@]2(C(=O)NS(=O)(=O)C2CC2)NC(=O)[C@@H]2C[C@@H](OC(=O)N3CCc4ccccc4C3)CN2C1=O. The van der Waals surface area contributed by atoms with E-state index >= 15 is 8.78 Å². The molecular formula is C36H47F2N5O9S. The van der Waals surface area contributed by atoms with Gasteiger partial charge in [0.15, 0.2) is 0 Å². The predicted molar refractivity (Wildman–Crippen MR) is 186 cm³/mol. The van der Waals surface area contributed by atoms with Crippen LogP contribution in [0.1, 0.15) is 83.3 Å². The second-order valence-corrected chi connectivity index (χ2v) is 17.7. The molecule has 0 aromatic heterocycles. The zero-order chi connectivity index (χ0) is 38.3. The number of allylic oxidation sites excluding steroid dienone is 1. The first kappa shape index (κ1) is 38.4. The van der Waals surface area contributed by atoms with E-state index in [4.69, 9.17) is 9.47 Å². The van der Waals surface area contributed by atoms with E-state index in [1.54, 1.807) is 20.8 Å². The molecule has 2 aliphatic carbocycles. The van der Waals surface area contributed by atoms with Gasteiger partial charge in [0, 0.05) is 38.3 Å². The molecule has 5 aliphatic rings. The van der Waals surface area contributed by atoms with Gasteiger partial charge in [-0.05, 0) is 70.4 Å². The maximum atomic E-state index is 15.2. The number of benzene rings is 1. The molecule has 1 saturated heterocycles. The van der Waals surface area contributed by atoms with E-state index in [2.05, 4.69) is 15.4 Å². The first-order valence-corrected chi connectivity index (χ1v) is 19.7. The van der Waals surface area contributed by atoms with Crippen molar-refractivity contribution in [1.29, 1.82) is 0 Å². The topological polar surface area (TPSA) is 181 Å². The molecule has 6 rings (SSSR count). The smallest absolute Gasteiger partial charge is 0.410 e. The van der Waals surface area contributed by atoms with Crippen molar-refractivity contribution in [2.45, 2.75) is 126 Å². The fourth-order valence-electron chi connectivity index (χ4n) is 7.15. The molecule has 1 aromatic carbocycles. The van der Waals surface area contributed by atoms with Gasteiger partial charge in [-0.15, -0.1) is 0 Å². The molecule has 3 fully saturated rings. The third kappa shape index (κ3) is 9.10. The first-order chi connectivity index (χ1) is 24.9. The summed E-state index contributed by atoms with van der Waals surface area (Å²) in [5, 5.41) is 4.37. The summed E-state index contributed by atoms with van der Waals surface area (Å²) in [7, 11) is -4.01. The third-order valence-corrected chi connectivity index (χ3v) is 12.1. The normalized spacial score (nSPS) is 29.5. The number of sulfonamides is 1. The molecule has 0 radical (unpaired) electrons. The number of alkyl halides is 2. The van der Waals surface area contributed by atoms with Gasteiger partial charge in [0.1, 0.15) is 29.3 Å². The lowest BCUT2D eigenvalue weighted by Gasteiger charge is -2.31. The molecule has 3 heterocycles. The molecule has 0 bridgehead atoms. The summed E-state index contributed by atoms with van der Waals surface area (Å²) in [5.41, 5.74) is -0.638. The van der Waals surface area contributed by atoms with Crippen LogP contribution >= 0.6 is 0 Å². The number of rotatable bonds is 5. The molecule has 14 nitrogen and oxygen atoms in total. The lowest BCUT2D eigenvalue weighted by Crippen LogP contribution is -2.58. The summed E-state index contributed by atoms with van der Waals surface area (Å²) in [6.45, 7) is 5.15. The van der Waals surface area contributed by atoms with Crippen molar-refractivity contribution in [2.75, 3.05) is 13.1 Å². The highest BCUT2D eigenvalue weighted by Gasteiger charge is 2.62. The largest absolute Gasteiger partial charge is 0.444 e. The Labute approximate surface area is 307 Å². The van der Waals surface area contributed by atoms with Gasteiger partial charge in [-0.3, -0.25) is 19.1 Å². The first-order valence-electron chi connectivity index (χ1n) is 18.1. The zero-order valence-corrected chi connectivity index (χ0v) is 30.9. The van der Waals surface area contributed by atoms with Gasteiger partial charge in [-0.1, -0.05) is 36.4 Å². The van der Waals surface area contributed by atoms with E-state index in [0.29, 0.717) is 32.4 Å². The summed E-state index contributed by atoms with van der Waals surface area (Å²) < 4.78 is 69.1. The van der Waals surface area contributed by atoms with Crippen LogP contribution in [-0.2, 0) is 46.8 Å². The number of hydrogen-bond donors (Lipinski definition) is 3. The summed E-state index contributed by atoms with van der Waals surface area (Å²) in [5.74, 6) is -6.63. The van der Waals surface area contributed by atoms with E-state index in [1.807, 2.05) is 24.3 Å². The Morgan fingerprint density at radius 3 is 2.45 bits per heavy atom. The second-order valence-electron chi connectivity index (χ2n) is 15.7. The molecule has 5 atom stereocenters. The van der Waals surface area contributed by atoms with Crippen LogP contribution in [0, 0.1) is 5.92 Å². The van der Waals surface area contributed by atoms with Gasteiger partial charge in [0.05, 0.1) is 11.8 Å². The summed E-state index contributed by atoms with van der Waals surface area (Å²) in [6.07, 6.45) is -0.529. The quantitative estimate of drug-likeness (QED) is 0.380. The molecular weight excluding hydrogens is 716 g/mol. The van der Waals surface area contributed by atoms with E-state index in [1.165, 1.54) is 17.1 Å². The number of carbonyl (C=O) groups is 5. The fourth-order valence-corrected chi connectivity index (χ4v) is 8.52. The van der Waals surface area contributed by atoms with Crippen LogP contribution in [0.2, 0.25) is 0 Å². The van der Waals surface area contributed by atoms with Crippen LogP contribution in [0.25, 0.3) is 0 Å². The molecule has 53 heavy (non-hydrogen) atoms. The van der Waals surface area contributed by atoms with Crippen LogP contribution in [0.4, 0.5) is 18.4 Å². The maximum absolute atomic E-state index is 15.2. The van der Waals surface area contributed by atoms with Crippen molar-refractivity contribution in [3.8, 4) is 0 Å². The zero-order valence-electron chi connectivity index (χ0n) is 30.1. The Bertz CT molecular complexity index is 1780. The fraction of sp³-hybridized carbons (Fsp3) is 0.639.